The minimum Gasteiger partial charge on any atom is -0.491 e. The first-order valence-electron chi connectivity index (χ1n) is 6.13. The van der Waals surface area contributed by atoms with E-state index < -0.39 is 0 Å². The van der Waals surface area contributed by atoms with Crippen molar-refractivity contribution in [1.29, 1.82) is 0 Å². The minimum atomic E-state index is 0.0609. The average molecular weight is 235 g/mol. The zero-order valence-electron chi connectivity index (χ0n) is 10.8. The predicted octanol–water partition coefficient (Wildman–Crippen LogP) is 2.72. The van der Waals surface area contributed by atoms with Gasteiger partial charge in [-0.2, -0.15) is 0 Å². The van der Waals surface area contributed by atoms with Gasteiger partial charge >= 0.3 is 0 Å². The summed E-state index contributed by atoms with van der Waals surface area (Å²) in [5.74, 6) is 1.41. The number of para-hydroxylation sites is 1. The van der Waals surface area contributed by atoms with Crippen LogP contribution in [0.4, 0.5) is 0 Å². The third kappa shape index (κ3) is 4.47. The van der Waals surface area contributed by atoms with Gasteiger partial charge in [-0.1, -0.05) is 39.0 Å². The van der Waals surface area contributed by atoms with Crippen molar-refractivity contribution in [3.8, 4) is 5.75 Å². The SMILES string of the molecule is CCC(=O)NCCOc1ccccc1C(C)C. The smallest absolute Gasteiger partial charge is 0.219 e. The van der Waals surface area contributed by atoms with Crippen molar-refractivity contribution in [2.45, 2.75) is 33.1 Å². The Balaban J connectivity index is 2.44. The van der Waals surface area contributed by atoms with E-state index in [4.69, 9.17) is 4.74 Å². The third-order valence-electron chi connectivity index (χ3n) is 2.54. The van der Waals surface area contributed by atoms with Crippen molar-refractivity contribution in [3.05, 3.63) is 29.8 Å². The van der Waals surface area contributed by atoms with Gasteiger partial charge in [0.2, 0.25) is 5.91 Å². The molecule has 1 aromatic rings. The van der Waals surface area contributed by atoms with E-state index in [0.717, 1.165) is 5.75 Å². The molecule has 0 radical (unpaired) electrons. The highest BCUT2D eigenvalue weighted by Crippen LogP contribution is 2.25. The zero-order valence-corrected chi connectivity index (χ0v) is 10.8. The van der Waals surface area contributed by atoms with Crippen LogP contribution in [-0.4, -0.2) is 19.1 Å². The predicted molar refractivity (Wildman–Crippen MR) is 69.3 cm³/mol. The monoisotopic (exact) mass is 235 g/mol. The summed E-state index contributed by atoms with van der Waals surface area (Å²) in [6.07, 6.45) is 0.516. The summed E-state index contributed by atoms with van der Waals surface area (Å²) >= 11 is 0. The lowest BCUT2D eigenvalue weighted by Crippen LogP contribution is -2.27. The van der Waals surface area contributed by atoms with Crippen LogP contribution in [0.2, 0.25) is 0 Å². The van der Waals surface area contributed by atoms with Crippen molar-refractivity contribution in [2.75, 3.05) is 13.2 Å². The molecule has 0 bridgehead atoms. The lowest BCUT2D eigenvalue weighted by atomic mass is 10.0. The normalized spacial score (nSPS) is 10.4. The summed E-state index contributed by atoms with van der Waals surface area (Å²) in [5.41, 5.74) is 1.20. The molecule has 0 unspecified atom stereocenters. The minimum absolute atomic E-state index is 0.0609. The molecule has 94 valence electrons. The van der Waals surface area contributed by atoms with Crippen LogP contribution in [0.15, 0.2) is 24.3 Å². The highest BCUT2D eigenvalue weighted by atomic mass is 16.5. The Labute approximate surface area is 103 Å². The van der Waals surface area contributed by atoms with Gasteiger partial charge in [0.1, 0.15) is 12.4 Å². The van der Waals surface area contributed by atoms with Crippen LogP contribution in [0.25, 0.3) is 0 Å². The van der Waals surface area contributed by atoms with Crippen molar-refractivity contribution < 1.29 is 9.53 Å². The van der Waals surface area contributed by atoms with E-state index in [9.17, 15) is 4.79 Å². The molecule has 3 nitrogen and oxygen atoms in total. The number of ether oxygens (including phenoxy) is 1. The molecule has 0 fully saturated rings. The second-order valence-electron chi connectivity index (χ2n) is 4.24. The highest BCUT2D eigenvalue weighted by Gasteiger charge is 2.06. The van der Waals surface area contributed by atoms with E-state index in [1.807, 2.05) is 25.1 Å². The van der Waals surface area contributed by atoms with Gasteiger partial charge in [-0.25, -0.2) is 0 Å². The molecule has 17 heavy (non-hydrogen) atoms. The highest BCUT2D eigenvalue weighted by molar-refractivity contribution is 5.75. The second-order valence-corrected chi connectivity index (χ2v) is 4.24. The first kappa shape index (κ1) is 13.6. The fourth-order valence-corrected chi connectivity index (χ4v) is 1.57. The largest absolute Gasteiger partial charge is 0.491 e. The van der Waals surface area contributed by atoms with Gasteiger partial charge in [-0.15, -0.1) is 0 Å². The molecule has 0 saturated carbocycles. The average Bonchev–Trinajstić information content (AvgIpc) is 2.34. The summed E-state index contributed by atoms with van der Waals surface area (Å²) in [6, 6.07) is 8.02. The lowest BCUT2D eigenvalue weighted by molar-refractivity contribution is -0.120. The second kappa shape index (κ2) is 6.94. The fourth-order valence-electron chi connectivity index (χ4n) is 1.57. The fraction of sp³-hybridized carbons (Fsp3) is 0.500. The molecule has 1 aromatic carbocycles. The number of nitrogens with one attached hydrogen (secondary N) is 1. The Morgan fingerprint density at radius 1 is 1.35 bits per heavy atom. The molecule has 1 N–H and O–H groups in total. The standard InChI is InChI=1S/C14H21NO2/c1-4-14(16)15-9-10-17-13-8-6-5-7-12(13)11(2)3/h5-8,11H,4,9-10H2,1-3H3,(H,15,16). The van der Waals surface area contributed by atoms with Crippen LogP contribution in [0.3, 0.4) is 0 Å². The van der Waals surface area contributed by atoms with Crippen molar-refractivity contribution in [2.24, 2.45) is 0 Å². The number of carbonyl (C=O) groups is 1. The molecule has 1 amide bonds. The maximum absolute atomic E-state index is 11.0. The Kier molecular flexibility index (Phi) is 5.53. The molecule has 0 aliphatic heterocycles. The maximum atomic E-state index is 11.0. The van der Waals surface area contributed by atoms with Gasteiger partial charge in [0, 0.05) is 6.42 Å². The number of rotatable bonds is 6. The van der Waals surface area contributed by atoms with Gasteiger partial charge in [0.25, 0.3) is 0 Å². The van der Waals surface area contributed by atoms with Crippen LogP contribution < -0.4 is 10.1 Å². The van der Waals surface area contributed by atoms with Crippen LogP contribution >= 0.6 is 0 Å². The lowest BCUT2D eigenvalue weighted by Gasteiger charge is -2.13. The number of hydrogen-bond acceptors (Lipinski definition) is 2. The summed E-state index contributed by atoms with van der Waals surface area (Å²) in [7, 11) is 0. The van der Waals surface area contributed by atoms with E-state index in [2.05, 4.69) is 25.2 Å². The number of carbonyl (C=O) groups excluding carboxylic acids is 1. The van der Waals surface area contributed by atoms with Crippen LogP contribution in [-0.2, 0) is 4.79 Å². The summed E-state index contributed by atoms with van der Waals surface area (Å²) in [5, 5.41) is 2.79. The van der Waals surface area contributed by atoms with Gasteiger partial charge in [-0.3, -0.25) is 4.79 Å². The first-order valence-corrected chi connectivity index (χ1v) is 6.13. The Bertz CT molecular complexity index is 361. The Morgan fingerprint density at radius 2 is 2.06 bits per heavy atom. The van der Waals surface area contributed by atoms with Gasteiger partial charge in [-0.05, 0) is 17.5 Å². The van der Waals surface area contributed by atoms with E-state index in [0.29, 0.717) is 25.5 Å². The van der Waals surface area contributed by atoms with Gasteiger partial charge < -0.3 is 10.1 Å². The quantitative estimate of drug-likeness (QED) is 0.770. The van der Waals surface area contributed by atoms with Crippen LogP contribution in [0.1, 0.15) is 38.7 Å². The van der Waals surface area contributed by atoms with Crippen LogP contribution in [0.5, 0.6) is 5.75 Å². The topological polar surface area (TPSA) is 38.3 Å². The Morgan fingerprint density at radius 3 is 2.71 bits per heavy atom. The number of benzene rings is 1. The molecule has 0 saturated heterocycles. The summed E-state index contributed by atoms with van der Waals surface area (Å²) < 4.78 is 5.68. The Hall–Kier alpha value is -1.51. The van der Waals surface area contributed by atoms with Gasteiger partial charge in [0.15, 0.2) is 0 Å². The molecule has 0 spiro atoms. The van der Waals surface area contributed by atoms with Crippen molar-refractivity contribution in [3.63, 3.8) is 0 Å². The molecule has 0 atom stereocenters. The maximum Gasteiger partial charge on any atom is 0.219 e. The molecule has 3 heteroatoms. The van der Waals surface area contributed by atoms with Gasteiger partial charge in [0.05, 0.1) is 6.54 Å². The molecule has 0 aliphatic rings. The molecule has 0 aromatic heterocycles. The molecular weight excluding hydrogens is 214 g/mol. The summed E-state index contributed by atoms with van der Waals surface area (Å²) in [6.45, 7) is 7.18. The van der Waals surface area contributed by atoms with Crippen molar-refractivity contribution in [1.82, 2.24) is 5.32 Å². The van der Waals surface area contributed by atoms with Crippen molar-refractivity contribution >= 4 is 5.91 Å². The molecule has 0 aliphatic carbocycles. The summed E-state index contributed by atoms with van der Waals surface area (Å²) in [4.78, 5) is 11.0. The molecule has 1 rings (SSSR count). The zero-order chi connectivity index (χ0) is 12.7. The number of hydrogen-bond donors (Lipinski definition) is 1. The van der Waals surface area contributed by atoms with E-state index in [1.54, 1.807) is 0 Å². The third-order valence-corrected chi connectivity index (χ3v) is 2.54. The van der Waals surface area contributed by atoms with Crippen LogP contribution in [0, 0.1) is 0 Å². The molecule has 0 heterocycles. The van der Waals surface area contributed by atoms with E-state index in [1.165, 1.54) is 5.56 Å². The van der Waals surface area contributed by atoms with E-state index >= 15 is 0 Å². The molecular formula is C14H21NO2. The number of amides is 1. The first-order chi connectivity index (χ1) is 8.15. The van der Waals surface area contributed by atoms with E-state index in [-0.39, 0.29) is 5.91 Å².